The standard InChI is InChI=1S/C24H21Cl2N5O2/c1-33-20-9-7-15(13-18(20)28-24(32)16-8-10-21(25)29-23(16)26)30-11-4-12-31-19-6-3-2-5-17(19)27-22(31)14-30/h2-3,5-10,13H,4,11-12,14H2,1H3,(H,28,32). The molecule has 168 valence electrons. The van der Waals surface area contributed by atoms with Crippen LogP contribution in [-0.4, -0.2) is 34.1 Å². The van der Waals surface area contributed by atoms with Crippen molar-refractivity contribution in [1.29, 1.82) is 0 Å². The number of benzene rings is 2. The number of rotatable bonds is 4. The number of pyridine rings is 1. The Labute approximate surface area is 200 Å². The van der Waals surface area contributed by atoms with Crippen molar-refractivity contribution in [2.45, 2.75) is 19.5 Å². The van der Waals surface area contributed by atoms with Crippen LogP contribution in [0.15, 0.2) is 54.6 Å². The second-order valence-corrected chi connectivity index (χ2v) is 8.50. The Morgan fingerprint density at radius 3 is 2.73 bits per heavy atom. The number of para-hydroxylation sites is 2. The molecule has 4 aromatic rings. The van der Waals surface area contributed by atoms with Crippen LogP contribution in [0.1, 0.15) is 22.6 Å². The Bertz CT molecular complexity index is 1350. The minimum Gasteiger partial charge on any atom is -0.495 e. The highest BCUT2D eigenvalue weighted by Crippen LogP contribution is 2.32. The molecule has 2 aromatic carbocycles. The van der Waals surface area contributed by atoms with E-state index in [1.165, 1.54) is 6.07 Å². The zero-order valence-corrected chi connectivity index (χ0v) is 19.4. The third-order valence-corrected chi connectivity index (χ3v) is 6.23. The Morgan fingerprint density at radius 2 is 1.91 bits per heavy atom. The molecule has 33 heavy (non-hydrogen) atoms. The van der Waals surface area contributed by atoms with Gasteiger partial charge in [0.2, 0.25) is 0 Å². The quantitative estimate of drug-likeness (QED) is 0.394. The minimum atomic E-state index is -0.391. The number of aromatic nitrogens is 3. The number of carbonyl (C=O) groups excluding carboxylic acids is 1. The molecule has 7 nitrogen and oxygen atoms in total. The van der Waals surface area contributed by atoms with Crippen LogP contribution in [0, 0.1) is 0 Å². The summed E-state index contributed by atoms with van der Waals surface area (Å²) in [5.41, 5.74) is 3.91. The molecule has 5 rings (SSSR count). The first-order valence-electron chi connectivity index (χ1n) is 10.5. The molecule has 1 amide bonds. The summed E-state index contributed by atoms with van der Waals surface area (Å²) >= 11 is 12.0. The first kappa shape index (κ1) is 21.6. The van der Waals surface area contributed by atoms with Crippen LogP contribution >= 0.6 is 23.2 Å². The number of nitrogens with one attached hydrogen (secondary N) is 1. The van der Waals surface area contributed by atoms with Gasteiger partial charge >= 0.3 is 0 Å². The van der Waals surface area contributed by atoms with Gasteiger partial charge in [-0.05, 0) is 48.9 Å². The second kappa shape index (κ2) is 8.92. The molecule has 0 unspecified atom stereocenters. The predicted molar refractivity (Wildman–Crippen MR) is 131 cm³/mol. The highest BCUT2D eigenvalue weighted by Gasteiger charge is 2.20. The van der Waals surface area contributed by atoms with Crippen molar-refractivity contribution in [3.63, 3.8) is 0 Å². The van der Waals surface area contributed by atoms with Gasteiger partial charge in [0, 0.05) is 18.8 Å². The zero-order chi connectivity index (χ0) is 22.9. The van der Waals surface area contributed by atoms with Gasteiger partial charge in [0.25, 0.3) is 5.91 Å². The van der Waals surface area contributed by atoms with Crippen molar-refractivity contribution in [2.24, 2.45) is 0 Å². The van der Waals surface area contributed by atoms with Gasteiger partial charge in [-0.25, -0.2) is 9.97 Å². The Hall–Kier alpha value is -3.29. The average Bonchev–Trinajstić information content (AvgIpc) is 3.01. The fraction of sp³-hybridized carbons (Fsp3) is 0.208. The van der Waals surface area contributed by atoms with E-state index in [9.17, 15) is 4.79 Å². The minimum absolute atomic E-state index is 0.0431. The van der Waals surface area contributed by atoms with Crippen LogP contribution in [0.25, 0.3) is 11.0 Å². The van der Waals surface area contributed by atoms with E-state index in [1.54, 1.807) is 13.2 Å². The Morgan fingerprint density at radius 1 is 1.06 bits per heavy atom. The summed E-state index contributed by atoms with van der Waals surface area (Å²) in [6.07, 6.45) is 0.979. The van der Waals surface area contributed by atoms with Crippen molar-refractivity contribution in [2.75, 3.05) is 23.9 Å². The number of methoxy groups -OCH3 is 1. The zero-order valence-electron chi connectivity index (χ0n) is 17.9. The third-order valence-electron chi connectivity index (χ3n) is 5.73. The molecule has 0 fully saturated rings. The molecular weight excluding hydrogens is 461 g/mol. The number of hydrogen-bond donors (Lipinski definition) is 1. The monoisotopic (exact) mass is 481 g/mol. The lowest BCUT2D eigenvalue weighted by atomic mass is 10.2. The van der Waals surface area contributed by atoms with E-state index in [2.05, 4.69) is 25.8 Å². The molecule has 1 aliphatic heterocycles. The normalized spacial score (nSPS) is 13.5. The highest BCUT2D eigenvalue weighted by molar-refractivity contribution is 6.35. The lowest BCUT2D eigenvalue weighted by Gasteiger charge is -2.23. The summed E-state index contributed by atoms with van der Waals surface area (Å²) in [6.45, 7) is 2.44. The van der Waals surface area contributed by atoms with Crippen LogP contribution in [0.5, 0.6) is 5.75 Å². The molecule has 3 heterocycles. The third kappa shape index (κ3) is 4.21. The van der Waals surface area contributed by atoms with Gasteiger partial charge in [0.1, 0.15) is 21.9 Å². The lowest BCUT2D eigenvalue weighted by Crippen LogP contribution is -2.23. The summed E-state index contributed by atoms with van der Waals surface area (Å²) in [5, 5.41) is 3.16. The summed E-state index contributed by atoms with van der Waals surface area (Å²) in [5.74, 6) is 1.18. The molecule has 0 radical (unpaired) electrons. The van der Waals surface area contributed by atoms with Gasteiger partial charge in [-0.2, -0.15) is 0 Å². The number of nitrogens with zero attached hydrogens (tertiary/aromatic N) is 4. The molecule has 0 aliphatic carbocycles. The number of carbonyl (C=O) groups is 1. The molecule has 0 bridgehead atoms. The van der Waals surface area contributed by atoms with E-state index in [1.807, 2.05) is 36.4 Å². The predicted octanol–water partition coefficient (Wildman–Crippen LogP) is 5.41. The lowest BCUT2D eigenvalue weighted by molar-refractivity contribution is 0.102. The molecule has 0 saturated heterocycles. The molecule has 1 N–H and O–H groups in total. The molecule has 0 saturated carbocycles. The maximum atomic E-state index is 12.9. The molecule has 0 atom stereocenters. The second-order valence-electron chi connectivity index (χ2n) is 7.75. The van der Waals surface area contributed by atoms with Crippen molar-refractivity contribution in [3.8, 4) is 5.75 Å². The van der Waals surface area contributed by atoms with Crippen molar-refractivity contribution in [1.82, 2.24) is 14.5 Å². The Balaban J connectivity index is 1.44. The largest absolute Gasteiger partial charge is 0.495 e. The van der Waals surface area contributed by atoms with E-state index in [4.69, 9.17) is 32.9 Å². The van der Waals surface area contributed by atoms with Crippen molar-refractivity contribution >= 4 is 51.5 Å². The van der Waals surface area contributed by atoms with E-state index in [0.29, 0.717) is 18.0 Å². The fourth-order valence-corrected chi connectivity index (χ4v) is 4.58. The van der Waals surface area contributed by atoms with Gasteiger partial charge in [-0.1, -0.05) is 35.3 Å². The Kier molecular flexibility index (Phi) is 5.83. The van der Waals surface area contributed by atoms with E-state index in [-0.39, 0.29) is 15.9 Å². The van der Waals surface area contributed by atoms with Crippen LogP contribution in [-0.2, 0) is 13.1 Å². The highest BCUT2D eigenvalue weighted by atomic mass is 35.5. The van der Waals surface area contributed by atoms with E-state index < -0.39 is 5.91 Å². The maximum absolute atomic E-state index is 12.9. The van der Waals surface area contributed by atoms with Gasteiger partial charge in [-0.15, -0.1) is 0 Å². The SMILES string of the molecule is COc1ccc(N2CCCn3c(nc4ccccc43)C2)cc1NC(=O)c1ccc(Cl)nc1Cl. The smallest absolute Gasteiger partial charge is 0.258 e. The summed E-state index contributed by atoms with van der Waals surface area (Å²) in [4.78, 5) is 23.9. The maximum Gasteiger partial charge on any atom is 0.258 e. The van der Waals surface area contributed by atoms with E-state index in [0.717, 1.165) is 42.1 Å². The van der Waals surface area contributed by atoms with Gasteiger partial charge in [0.05, 0.1) is 35.9 Å². The van der Waals surface area contributed by atoms with Crippen LogP contribution in [0.4, 0.5) is 11.4 Å². The molecule has 2 aromatic heterocycles. The number of amides is 1. The van der Waals surface area contributed by atoms with Gasteiger partial charge in [0.15, 0.2) is 0 Å². The van der Waals surface area contributed by atoms with E-state index >= 15 is 0 Å². The fourth-order valence-electron chi connectivity index (χ4n) is 4.15. The number of ether oxygens (including phenoxy) is 1. The average molecular weight is 482 g/mol. The first-order chi connectivity index (χ1) is 16.0. The van der Waals surface area contributed by atoms with Crippen LogP contribution < -0.4 is 15.0 Å². The summed E-state index contributed by atoms with van der Waals surface area (Å²) in [7, 11) is 1.57. The molecule has 9 heteroatoms. The molecule has 1 aliphatic rings. The molecule has 0 spiro atoms. The number of hydrogen-bond acceptors (Lipinski definition) is 5. The van der Waals surface area contributed by atoms with Gasteiger partial charge in [-0.3, -0.25) is 4.79 Å². The van der Waals surface area contributed by atoms with Crippen molar-refractivity contribution < 1.29 is 9.53 Å². The van der Waals surface area contributed by atoms with Gasteiger partial charge < -0.3 is 19.5 Å². The number of fused-ring (bicyclic) bond motifs is 3. The number of anilines is 2. The van der Waals surface area contributed by atoms with Crippen LogP contribution in [0.3, 0.4) is 0 Å². The first-order valence-corrected chi connectivity index (χ1v) is 11.3. The topological polar surface area (TPSA) is 72.3 Å². The number of imidazole rings is 1. The van der Waals surface area contributed by atoms with Crippen molar-refractivity contribution in [3.05, 3.63) is 76.3 Å². The summed E-state index contributed by atoms with van der Waals surface area (Å²) < 4.78 is 7.76. The molecular formula is C24H21Cl2N5O2. The summed E-state index contributed by atoms with van der Waals surface area (Å²) in [6, 6.07) is 17.0. The van der Waals surface area contributed by atoms with Crippen LogP contribution in [0.2, 0.25) is 10.3 Å². The number of halogens is 2. The number of aryl methyl sites for hydroxylation is 1.